The van der Waals surface area contributed by atoms with Gasteiger partial charge in [-0.1, -0.05) is 84.9 Å². The molecule has 7 rings (SSSR count). The van der Waals surface area contributed by atoms with E-state index in [0.29, 0.717) is 11.5 Å². The summed E-state index contributed by atoms with van der Waals surface area (Å²) in [6.45, 7) is 9.76. The Morgan fingerprint density at radius 3 is 2.00 bits per heavy atom. The van der Waals surface area contributed by atoms with E-state index in [0.717, 1.165) is 22.3 Å². The molecule has 2 saturated heterocycles. The Morgan fingerprint density at radius 1 is 0.891 bits per heavy atom. The van der Waals surface area contributed by atoms with Gasteiger partial charge in [0, 0.05) is 23.8 Å². The van der Waals surface area contributed by atoms with Crippen LogP contribution in [0.4, 0.5) is 0 Å². The molecule has 5 aromatic rings. The molecule has 1 N–H and O–H groups in total. The highest BCUT2D eigenvalue weighted by atomic mass is 31.2. The second-order valence-electron chi connectivity index (χ2n) is 16.6. The van der Waals surface area contributed by atoms with Crippen LogP contribution in [0.15, 0.2) is 125 Å². The van der Waals surface area contributed by atoms with Crippen molar-refractivity contribution in [3.05, 3.63) is 164 Å². The molecule has 3 heterocycles. The number of carbonyl (C=O) groups excluding carboxylic acids is 1. The summed E-state index contributed by atoms with van der Waals surface area (Å²) >= 11 is 0. The van der Waals surface area contributed by atoms with Gasteiger partial charge in [0.2, 0.25) is 5.91 Å². The Balaban J connectivity index is 1.44. The number of methoxy groups -OCH3 is 2. The number of aromatic nitrogens is 2. The van der Waals surface area contributed by atoms with Gasteiger partial charge in [-0.25, -0.2) is 9.46 Å². The van der Waals surface area contributed by atoms with Crippen molar-refractivity contribution in [1.82, 2.24) is 19.1 Å². The number of nitrogens with zero attached hydrogens (tertiary/aromatic N) is 4. The number of morpholine rings is 1. The number of carbonyl (C=O) groups is 1. The van der Waals surface area contributed by atoms with Crippen molar-refractivity contribution in [3.8, 4) is 17.6 Å². The number of benzene rings is 4. The zero-order chi connectivity index (χ0) is 45.6. The molecule has 1 amide bonds. The molecule has 14 nitrogen and oxygen atoms in total. The number of aryl methyl sites for hydroxylation is 1. The molecule has 0 spiro atoms. The molecule has 0 radical (unpaired) electrons. The zero-order valence-electron chi connectivity index (χ0n) is 37.3. The number of nitrogens with one attached hydrogen (secondary N) is 1. The maximum Gasteiger partial charge on any atom is 0.330 e. The van der Waals surface area contributed by atoms with Crippen molar-refractivity contribution in [1.29, 1.82) is 5.26 Å². The molecule has 2 aliphatic rings. The van der Waals surface area contributed by atoms with Crippen LogP contribution in [0.25, 0.3) is 0 Å². The fraction of sp³-hybridized carbons (Fsp3) is 0.388. The average molecular weight is 890 g/mol. The van der Waals surface area contributed by atoms with Crippen molar-refractivity contribution >= 4 is 14.4 Å². The second-order valence-corrected chi connectivity index (χ2v) is 18.0. The van der Waals surface area contributed by atoms with Crippen molar-refractivity contribution in [2.24, 2.45) is 0 Å². The average Bonchev–Trinajstić information content (AvgIpc) is 3.77. The molecular formula is C49H56N5O9P. The number of fused-ring (bicyclic) bond motifs is 2. The summed E-state index contributed by atoms with van der Waals surface area (Å²) < 4.78 is 43.2. The normalized spacial score (nSPS) is 19.9. The molecule has 5 atom stereocenters. The van der Waals surface area contributed by atoms with Crippen LogP contribution in [0.1, 0.15) is 68.2 Å². The highest BCUT2D eigenvalue weighted by Crippen LogP contribution is 2.57. The van der Waals surface area contributed by atoms with Crippen LogP contribution >= 0.6 is 8.53 Å². The Kier molecular flexibility index (Phi) is 14.5. The summed E-state index contributed by atoms with van der Waals surface area (Å²) in [5, 5.41) is 9.56. The number of nitriles is 1. The van der Waals surface area contributed by atoms with Crippen LogP contribution in [0.3, 0.4) is 0 Å². The van der Waals surface area contributed by atoms with E-state index >= 15 is 0 Å². The van der Waals surface area contributed by atoms with Crippen LogP contribution in [-0.4, -0.2) is 88.8 Å². The predicted molar refractivity (Wildman–Crippen MR) is 243 cm³/mol. The third-order valence-electron chi connectivity index (χ3n) is 11.8. The van der Waals surface area contributed by atoms with E-state index in [-0.39, 0.29) is 56.2 Å². The standard InChI is InChI=1S/C49H56N5O9P/c1-33(2)54(34(3)4)64(61-28-14-27-50)63-44-43-46(52-30-35(5)45(56)51-47(52)57)62-48(44,31-53(43)42(55)29-36-15-10-8-11-16-36)32-60-49(37-17-12-9-13-18-37,38-19-23-40(58-6)24-20-38)39-21-25-41(59-7)26-22-39/h8-13,15-26,30,33-34,43-44,46H,14,28-29,31-32H2,1-7H3,(H,51,56,57)/t43-,44+,46-,48-,64?/m1/s1. The maximum absolute atomic E-state index is 14.8. The monoisotopic (exact) mass is 889 g/mol. The molecule has 336 valence electrons. The molecule has 2 aliphatic heterocycles. The SMILES string of the molecule is COc1ccc(C(OC[C@@]23CN(C(=O)Cc4ccccc4)[C@@H]([C@H](n4cc(C)c(=O)[nH]c4=O)O2)[C@@H]3OP(OCCC#N)N(C(C)C)C(C)C)(c2ccccc2)c2ccc(OC)cc2)cc1. The van der Waals surface area contributed by atoms with Crippen molar-refractivity contribution in [2.75, 3.05) is 34.0 Å². The summed E-state index contributed by atoms with van der Waals surface area (Å²) in [6.07, 6.45) is -0.423. The number of H-pyrrole nitrogens is 1. The van der Waals surface area contributed by atoms with Gasteiger partial charge in [0.05, 0.1) is 52.9 Å². The first-order valence-corrected chi connectivity index (χ1v) is 22.6. The van der Waals surface area contributed by atoms with Crippen LogP contribution < -0.4 is 20.7 Å². The van der Waals surface area contributed by atoms with Gasteiger partial charge in [-0.3, -0.25) is 19.1 Å². The van der Waals surface area contributed by atoms with Crippen molar-refractivity contribution < 1.29 is 32.8 Å². The van der Waals surface area contributed by atoms with Gasteiger partial charge in [-0.15, -0.1) is 0 Å². The molecule has 1 unspecified atom stereocenters. The molecule has 1 aromatic heterocycles. The van der Waals surface area contributed by atoms with Crippen LogP contribution in [0, 0.1) is 18.3 Å². The zero-order valence-corrected chi connectivity index (χ0v) is 38.2. The van der Waals surface area contributed by atoms with Gasteiger partial charge in [-0.05, 0) is 81.1 Å². The molecule has 2 fully saturated rings. The minimum Gasteiger partial charge on any atom is -0.497 e. The molecule has 0 saturated carbocycles. The van der Waals surface area contributed by atoms with Crippen LogP contribution in [0.2, 0.25) is 0 Å². The van der Waals surface area contributed by atoms with Crippen LogP contribution in [0.5, 0.6) is 11.5 Å². The van der Waals surface area contributed by atoms with E-state index in [1.165, 1.54) is 10.8 Å². The Bertz CT molecular complexity index is 2460. The minimum atomic E-state index is -1.91. The topological polar surface area (TPSA) is 158 Å². The van der Waals surface area contributed by atoms with E-state index in [1.807, 2.05) is 137 Å². The Labute approximate surface area is 375 Å². The summed E-state index contributed by atoms with van der Waals surface area (Å²) in [7, 11) is 1.32. The largest absolute Gasteiger partial charge is 0.497 e. The highest BCUT2D eigenvalue weighted by molar-refractivity contribution is 7.44. The molecule has 0 aliphatic carbocycles. The van der Waals surface area contributed by atoms with Crippen molar-refractivity contribution in [3.63, 3.8) is 0 Å². The predicted octanol–water partition coefficient (Wildman–Crippen LogP) is 7.25. The smallest absolute Gasteiger partial charge is 0.330 e. The summed E-state index contributed by atoms with van der Waals surface area (Å²) in [5.74, 6) is 1.10. The van der Waals surface area contributed by atoms with Gasteiger partial charge in [0.15, 0.2) is 6.23 Å². The fourth-order valence-electron chi connectivity index (χ4n) is 8.82. The first kappa shape index (κ1) is 46.3. The van der Waals surface area contributed by atoms with E-state index < -0.39 is 49.4 Å². The lowest BCUT2D eigenvalue weighted by Gasteiger charge is -2.42. The third kappa shape index (κ3) is 9.29. The summed E-state index contributed by atoms with van der Waals surface area (Å²) in [6, 6.07) is 35.8. The van der Waals surface area contributed by atoms with E-state index in [4.69, 9.17) is 28.0 Å². The number of hydrogen-bond donors (Lipinski definition) is 1. The number of likely N-dealkylation sites (tertiary alicyclic amines) is 1. The number of amides is 1. The fourth-order valence-corrected chi connectivity index (χ4v) is 10.6. The molecule has 4 aromatic carbocycles. The van der Waals surface area contributed by atoms with E-state index in [2.05, 4.69) is 15.7 Å². The Hall–Kier alpha value is -5.65. The number of hydrogen-bond acceptors (Lipinski definition) is 11. The van der Waals surface area contributed by atoms with Crippen LogP contribution in [-0.2, 0) is 35.3 Å². The minimum absolute atomic E-state index is 0.0302. The molecule has 15 heteroatoms. The first-order valence-electron chi connectivity index (χ1n) is 21.4. The molecular weight excluding hydrogens is 834 g/mol. The quantitative estimate of drug-likeness (QED) is 0.0506. The number of aromatic amines is 1. The lowest BCUT2D eigenvalue weighted by molar-refractivity contribution is -0.182. The van der Waals surface area contributed by atoms with Gasteiger partial charge < -0.3 is 32.9 Å². The number of rotatable bonds is 19. The third-order valence-corrected chi connectivity index (χ3v) is 13.9. The summed E-state index contributed by atoms with van der Waals surface area (Å²) in [5.41, 5.74) is -0.513. The van der Waals surface area contributed by atoms with Gasteiger partial charge in [0.1, 0.15) is 34.8 Å². The molecule has 2 bridgehead atoms. The molecule has 64 heavy (non-hydrogen) atoms. The highest BCUT2D eigenvalue weighted by Gasteiger charge is 2.68. The lowest BCUT2D eigenvalue weighted by Crippen LogP contribution is -2.53. The number of ether oxygens (including phenoxy) is 4. The first-order chi connectivity index (χ1) is 30.8. The second kappa shape index (κ2) is 20.0. The van der Waals surface area contributed by atoms with Crippen molar-refractivity contribution in [2.45, 2.75) is 89.1 Å². The summed E-state index contributed by atoms with van der Waals surface area (Å²) in [4.78, 5) is 45.6. The maximum atomic E-state index is 14.8. The van der Waals surface area contributed by atoms with Gasteiger partial charge in [-0.2, -0.15) is 5.26 Å². The lowest BCUT2D eigenvalue weighted by atomic mass is 9.79. The van der Waals surface area contributed by atoms with E-state index in [1.54, 1.807) is 26.0 Å². The Morgan fingerprint density at radius 2 is 1.45 bits per heavy atom. The van der Waals surface area contributed by atoms with E-state index in [9.17, 15) is 19.6 Å². The van der Waals surface area contributed by atoms with Gasteiger partial charge in [0.25, 0.3) is 14.1 Å². The van der Waals surface area contributed by atoms with Gasteiger partial charge >= 0.3 is 5.69 Å².